The van der Waals surface area contributed by atoms with Crippen molar-refractivity contribution in [2.24, 2.45) is 0 Å². The Morgan fingerprint density at radius 3 is 2.80 bits per heavy atom. The van der Waals surface area contributed by atoms with Crippen molar-refractivity contribution in [1.29, 1.82) is 0 Å². The first-order chi connectivity index (χ1) is 9.61. The predicted octanol–water partition coefficient (Wildman–Crippen LogP) is 3.61. The van der Waals surface area contributed by atoms with Crippen molar-refractivity contribution in [3.05, 3.63) is 45.9 Å². The van der Waals surface area contributed by atoms with E-state index in [1.165, 1.54) is 18.9 Å². The van der Waals surface area contributed by atoms with Crippen molar-refractivity contribution < 1.29 is 4.39 Å². The standard InChI is InChI=1S/C15H15BrFN3/c1-9-6-12(8-18-11-3-4-11)20-15(19-9)10-2-5-14(17)13(16)7-10/h2,5-7,11,18H,3-4,8H2,1H3. The maximum Gasteiger partial charge on any atom is 0.159 e. The molecule has 0 bridgehead atoms. The highest BCUT2D eigenvalue weighted by atomic mass is 79.9. The van der Waals surface area contributed by atoms with Crippen LogP contribution in [-0.4, -0.2) is 16.0 Å². The van der Waals surface area contributed by atoms with Gasteiger partial charge in [0.15, 0.2) is 5.82 Å². The summed E-state index contributed by atoms with van der Waals surface area (Å²) in [5.41, 5.74) is 2.71. The van der Waals surface area contributed by atoms with Gasteiger partial charge in [0, 0.05) is 23.8 Å². The molecule has 1 saturated carbocycles. The predicted molar refractivity (Wildman–Crippen MR) is 79.7 cm³/mol. The second kappa shape index (κ2) is 5.58. The van der Waals surface area contributed by atoms with Gasteiger partial charge in [0.2, 0.25) is 0 Å². The van der Waals surface area contributed by atoms with Gasteiger partial charge in [0.1, 0.15) is 5.82 Å². The lowest BCUT2D eigenvalue weighted by atomic mass is 10.2. The zero-order valence-electron chi connectivity index (χ0n) is 11.2. The zero-order valence-corrected chi connectivity index (χ0v) is 12.7. The molecule has 1 fully saturated rings. The Morgan fingerprint density at radius 1 is 1.30 bits per heavy atom. The lowest BCUT2D eigenvalue weighted by molar-refractivity contribution is 0.621. The molecule has 1 aromatic carbocycles. The van der Waals surface area contributed by atoms with Gasteiger partial charge in [-0.1, -0.05) is 0 Å². The molecule has 5 heteroatoms. The molecule has 0 radical (unpaired) electrons. The molecule has 2 aromatic rings. The van der Waals surface area contributed by atoms with Crippen molar-refractivity contribution in [1.82, 2.24) is 15.3 Å². The molecule has 1 aliphatic rings. The fourth-order valence-corrected chi connectivity index (χ4v) is 2.40. The van der Waals surface area contributed by atoms with Gasteiger partial charge in [-0.05, 0) is 60.0 Å². The second-order valence-electron chi connectivity index (χ2n) is 5.11. The number of hydrogen-bond donors (Lipinski definition) is 1. The summed E-state index contributed by atoms with van der Waals surface area (Å²) in [6.07, 6.45) is 2.50. The van der Waals surface area contributed by atoms with Gasteiger partial charge >= 0.3 is 0 Å². The van der Waals surface area contributed by atoms with Crippen LogP contribution in [-0.2, 0) is 6.54 Å². The maximum atomic E-state index is 13.3. The van der Waals surface area contributed by atoms with Gasteiger partial charge < -0.3 is 5.32 Å². The molecule has 1 aromatic heterocycles. The Balaban J connectivity index is 1.88. The van der Waals surface area contributed by atoms with Crippen molar-refractivity contribution in [3.8, 4) is 11.4 Å². The van der Waals surface area contributed by atoms with E-state index in [0.29, 0.717) is 16.3 Å². The molecule has 20 heavy (non-hydrogen) atoms. The Hall–Kier alpha value is -1.33. The van der Waals surface area contributed by atoms with Crippen LogP contribution < -0.4 is 5.32 Å². The molecule has 0 aliphatic heterocycles. The Labute approximate surface area is 125 Å². The number of halogens is 2. The quantitative estimate of drug-likeness (QED) is 0.927. The van der Waals surface area contributed by atoms with Gasteiger partial charge in [-0.15, -0.1) is 0 Å². The number of nitrogens with one attached hydrogen (secondary N) is 1. The van der Waals surface area contributed by atoms with E-state index >= 15 is 0 Å². The number of aromatic nitrogens is 2. The Kier molecular flexibility index (Phi) is 3.81. The van der Waals surface area contributed by atoms with Gasteiger partial charge in [-0.3, -0.25) is 0 Å². The molecule has 0 atom stereocenters. The summed E-state index contributed by atoms with van der Waals surface area (Å²) in [4.78, 5) is 8.99. The lowest BCUT2D eigenvalue weighted by Crippen LogP contribution is -2.16. The molecular formula is C15H15BrFN3. The molecule has 3 rings (SSSR count). The molecule has 0 spiro atoms. The lowest BCUT2D eigenvalue weighted by Gasteiger charge is -2.07. The topological polar surface area (TPSA) is 37.8 Å². The van der Waals surface area contributed by atoms with Crippen LogP contribution in [0.4, 0.5) is 4.39 Å². The van der Waals surface area contributed by atoms with Gasteiger partial charge in [-0.2, -0.15) is 0 Å². The van der Waals surface area contributed by atoms with E-state index in [9.17, 15) is 4.39 Å². The monoisotopic (exact) mass is 335 g/mol. The first-order valence-corrected chi connectivity index (χ1v) is 7.44. The van der Waals surface area contributed by atoms with E-state index in [-0.39, 0.29) is 5.82 Å². The normalized spacial score (nSPS) is 14.6. The average Bonchev–Trinajstić information content (AvgIpc) is 3.23. The van der Waals surface area contributed by atoms with E-state index in [0.717, 1.165) is 23.5 Å². The molecule has 0 amide bonds. The van der Waals surface area contributed by atoms with E-state index in [1.54, 1.807) is 12.1 Å². The minimum absolute atomic E-state index is 0.281. The van der Waals surface area contributed by atoms with Crippen molar-refractivity contribution >= 4 is 15.9 Å². The number of aryl methyl sites for hydroxylation is 1. The summed E-state index contributed by atoms with van der Waals surface area (Å²) in [6, 6.07) is 7.47. The Bertz CT molecular complexity index is 641. The highest BCUT2D eigenvalue weighted by molar-refractivity contribution is 9.10. The second-order valence-corrected chi connectivity index (χ2v) is 5.96. The van der Waals surface area contributed by atoms with Gasteiger partial charge in [-0.25, -0.2) is 14.4 Å². The molecule has 0 unspecified atom stereocenters. The van der Waals surface area contributed by atoms with Crippen LogP contribution >= 0.6 is 15.9 Å². The number of rotatable bonds is 4. The fourth-order valence-electron chi connectivity index (χ4n) is 2.02. The summed E-state index contributed by atoms with van der Waals surface area (Å²) in [5, 5.41) is 3.44. The summed E-state index contributed by atoms with van der Waals surface area (Å²) in [5.74, 6) is 0.357. The SMILES string of the molecule is Cc1cc(CNC2CC2)nc(-c2ccc(F)c(Br)c2)n1. The van der Waals surface area contributed by atoms with Crippen LogP contribution in [0.1, 0.15) is 24.2 Å². The first kappa shape index (κ1) is 13.6. The summed E-state index contributed by atoms with van der Waals surface area (Å²) >= 11 is 3.20. The summed E-state index contributed by atoms with van der Waals surface area (Å²) < 4.78 is 13.7. The third-order valence-corrected chi connectivity index (χ3v) is 3.84. The largest absolute Gasteiger partial charge is 0.308 e. The molecule has 1 aliphatic carbocycles. The minimum atomic E-state index is -0.281. The summed E-state index contributed by atoms with van der Waals surface area (Å²) in [6.45, 7) is 2.70. The first-order valence-electron chi connectivity index (χ1n) is 6.65. The highest BCUT2D eigenvalue weighted by Gasteiger charge is 2.20. The van der Waals surface area contributed by atoms with Crippen LogP contribution in [0, 0.1) is 12.7 Å². The average molecular weight is 336 g/mol. The minimum Gasteiger partial charge on any atom is -0.308 e. The van der Waals surface area contributed by atoms with E-state index in [1.807, 2.05) is 13.0 Å². The van der Waals surface area contributed by atoms with Crippen LogP contribution in [0.5, 0.6) is 0 Å². The number of hydrogen-bond acceptors (Lipinski definition) is 3. The number of benzene rings is 1. The molecule has 3 nitrogen and oxygen atoms in total. The van der Waals surface area contributed by atoms with Crippen LogP contribution in [0.25, 0.3) is 11.4 Å². The molecule has 1 N–H and O–H groups in total. The molecule has 1 heterocycles. The summed E-state index contributed by atoms with van der Waals surface area (Å²) in [7, 11) is 0. The van der Waals surface area contributed by atoms with Crippen LogP contribution in [0.3, 0.4) is 0 Å². The molecule has 0 saturated heterocycles. The Morgan fingerprint density at radius 2 is 2.10 bits per heavy atom. The van der Waals surface area contributed by atoms with Gasteiger partial charge in [0.05, 0.1) is 10.2 Å². The fraction of sp³-hybridized carbons (Fsp3) is 0.333. The van der Waals surface area contributed by atoms with Crippen LogP contribution in [0.2, 0.25) is 0 Å². The highest BCUT2D eigenvalue weighted by Crippen LogP contribution is 2.24. The van der Waals surface area contributed by atoms with Crippen molar-refractivity contribution in [3.63, 3.8) is 0 Å². The van der Waals surface area contributed by atoms with Crippen molar-refractivity contribution in [2.75, 3.05) is 0 Å². The molecule has 104 valence electrons. The zero-order chi connectivity index (χ0) is 14.1. The third kappa shape index (κ3) is 3.22. The van der Waals surface area contributed by atoms with Crippen LogP contribution in [0.15, 0.2) is 28.7 Å². The third-order valence-electron chi connectivity index (χ3n) is 3.23. The van der Waals surface area contributed by atoms with Crippen molar-refractivity contribution in [2.45, 2.75) is 32.4 Å². The van der Waals surface area contributed by atoms with E-state index in [4.69, 9.17) is 0 Å². The maximum absolute atomic E-state index is 13.3. The van der Waals surface area contributed by atoms with Gasteiger partial charge in [0.25, 0.3) is 0 Å². The number of nitrogens with zero attached hydrogens (tertiary/aromatic N) is 2. The van der Waals surface area contributed by atoms with E-state index < -0.39 is 0 Å². The van der Waals surface area contributed by atoms with E-state index in [2.05, 4.69) is 31.2 Å². The smallest absolute Gasteiger partial charge is 0.159 e. The molecular weight excluding hydrogens is 321 g/mol.